The zero-order valence-corrected chi connectivity index (χ0v) is 11.7. The van der Waals surface area contributed by atoms with Crippen LogP contribution in [0.2, 0.25) is 5.02 Å². The van der Waals surface area contributed by atoms with Crippen LogP contribution in [0.4, 0.5) is 0 Å². The molecule has 0 amide bonds. The average Bonchev–Trinajstić information content (AvgIpc) is 2.75. The number of benzene rings is 2. The Morgan fingerprint density at radius 3 is 2.85 bits per heavy atom. The van der Waals surface area contributed by atoms with Crippen molar-refractivity contribution >= 4 is 22.6 Å². The Kier molecular flexibility index (Phi) is 3.17. The van der Waals surface area contributed by atoms with E-state index < -0.39 is 0 Å². The van der Waals surface area contributed by atoms with Gasteiger partial charge in [0.05, 0.1) is 22.7 Å². The van der Waals surface area contributed by atoms with E-state index in [1.165, 1.54) is 0 Å². The smallest absolute Gasteiger partial charge is 0.114 e. The lowest BCUT2D eigenvalue weighted by molar-refractivity contribution is 0.845. The summed E-state index contributed by atoms with van der Waals surface area (Å²) in [5.74, 6) is 0.956. The predicted molar refractivity (Wildman–Crippen MR) is 79.7 cm³/mol. The van der Waals surface area contributed by atoms with Crippen molar-refractivity contribution < 1.29 is 0 Å². The average molecular weight is 282 g/mol. The fraction of sp³-hybridized carbons (Fsp3) is 0.125. The first-order valence-corrected chi connectivity index (χ1v) is 6.65. The van der Waals surface area contributed by atoms with Crippen molar-refractivity contribution in [3.8, 4) is 6.07 Å². The molecule has 98 valence electrons. The van der Waals surface area contributed by atoms with Crippen LogP contribution in [0.1, 0.15) is 17.0 Å². The van der Waals surface area contributed by atoms with Gasteiger partial charge in [-0.3, -0.25) is 0 Å². The second-order valence-corrected chi connectivity index (χ2v) is 5.15. The van der Waals surface area contributed by atoms with Gasteiger partial charge in [0.15, 0.2) is 0 Å². The van der Waals surface area contributed by atoms with Gasteiger partial charge in [0.25, 0.3) is 0 Å². The standard InChI is InChI=1S/C16H12ClN3/c1-20-15-6-5-12(10-18)8-14(15)19-16(20)9-11-3-2-4-13(17)7-11/h2-8H,9H2,1H3. The molecule has 0 aliphatic carbocycles. The normalized spacial score (nSPS) is 10.7. The van der Waals surface area contributed by atoms with E-state index in [2.05, 4.69) is 15.6 Å². The van der Waals surface area contributed by atoms with Crippen LogP contribution in [0.3, 0.4) is 0 Å². The van der Waals surface area contributed by atoms with E-state index in [4.69, 9.17) is 16.9 Å². The van der Waals surface area contributed by atoms with Gasteiger partial charge in [0.1, 0.15) is 5.82 Å². The zero-order chi connectivity index (χ0) is 14.1. The number of aryl methyl sites for hydroxylation is 1. The molecule has 0 radical (unpaired) electrons. The van der Waals surface area contributed by atoms with Crippen LogP contribution in [-0.4, -0.2) is 9.55 Å². The Morgan fingerprint density at radius 1 is 1.25 bits per heavy atom. The van der Waals surface area contributed by atoms with Crippen molar-refractivity contribution in [1.29, 1.82) is 5.26 Å². The molecule has 0 atom stereocenters. The Labute approximate surface area is 122 Å². The molecule has 0 N–H and O–H groups in total. The molecular weight excluding hydrogens is 270 g/mol. The maximum atomic E-state index is 8.94. The van der Waals surface area contributed by atoms with Crippen molar-refractivity contribution in [2.45, 2.75) is 6.42 Å². The van der Waals surface area contributed by atoms with E-state index in [1.54, 1.807) is 0 Å². The minimum atomic E-state index is 0.630. The third kappa shape index (κ3) is 2.26. The van der Waals surface area contributed by atoms with E-state index in [0.717, 1.165) is 27.4 Å². The van der Waals surface area contributed by atoms with E-state index in [-0.39, 0.29) is 0 Å². The van der Waals surface area contributed by atoms with Gasteiger partial charge in [-0.1, -0.05) is 23.7 Å². The monoisotopic (exact) mass is 281 g/mol. The highest BCUT2D eigenvalue weighted by Crippen LogP contribution is 2.20. The maximum absolute atomic E-state index is 8.94. The summed E-state index contributed by atoms with van der Waals surface area (Å²) in [6.45, 7) is 0. The number of fused-ring (bicyclic) bond motifs is 1. The lowest BCUT2D eigenvalue weighted by atomic mass is 10.1. The van der Waals surface area contributed by atoms with Gasteiger partial charge in [-0.2, -0.15) is 5.26 Å². The number of imidazole rings is 1. The Balaban J connectivity index is 2.04. The lowest BCUT2D eigenvalue weighted by Crippen LogP contribution is -1.98. The van der Waals surface area contributed by atoms with Crippen molar-refractivity contribution in [2.75, 3.05) is 0 Å². The summed E-state index contributed by atoms with van der Waals surface area (Å²) in [6.07, 6.45) is 0.716. The van der Waals surface area contributed by atoms with Crippen LogP contribution in [-0.2, 0) is 13.5 Å². The second kappa shape index (κ2) is 4.99. The molecule has 0 spiro atoms. The predicted octanol–water partition coefficient (Wildman–Crippen LogP) is 3.69. The zero-order valence-electron chi connectivity index (χ0n) is 11.0. The number of nitriles is 1. The summed E-state index contributed by atoms with van der Waals surface area (Å²) in [5.41, 5.74) is 3.63. The Hall–Kier alpha value is -2.31. The van der Waals surface area contributed by atoms with Crippen molar-refractivity contribution in [3.63, 3.8) is 0 Å². The van der Waals surface area contributed by atoms with Gasteiger partial charge >= 0.3 is 0 Å². The number of hydrogen-bond acceptors (Lipinski definition) is 2. The Morgan fingerprint density at radius 2 is 2.10 bits per heavy atom. The third-order valence-electron chi connectivity index (χ3n) is 3.35. The van der Waals surface area contributed by atoms with Crippen LogP contribution in [0.5, 0.6) is 0 Å². The van der Waals surface area contributed by atoms with E-state index >= 15 is 0 Å². The topological polar surface area (TPSA) is 41.6 Å². The molecule has 3 nitrogen and oxygen atoms in total. The minimum Gasteiger partial charge on any atom is -0.331 e. The molecule has 4 heteroatoms. The van der Waals surface area contributed by atoms with E-state index in [9.17, 15) is 0 Å². The number of hydrogen-bond donors (Lipinski definition) is 0. The summed E-state index contributed by atoms with van der Waals surface area (Å²) in [4.78, 5) is 4.61. The highest BCUT2D eigenvalue weighted by Gasteiger charge is 2.09. The molecule has 1 aromatic heterocycles. The number of aromatic nitrogens is 2. The van der Waals surface area contributed by atoms with Crippen molar-refractivity contribution in [2.24, 2.45) is 7.05 Å². The van der Waals surface area contributed by atoms with Gasteiger partial charge < -0.3 is 4.57 Å². The van der Waals surface area contributed by atoms with E-state index in [0.29, 0.717) is 12.0 Å². The summed E-state index contributed by atoms with van der Waals surface area (Å²) < 4.78 is 2.05. The minimum absolute atomic E-state index is 0.630. The molecule has 0 unspecified atom stereocenters. The molecule has 0 aliphatic rings. The first-order chi connectivity index (χ1) is 9.67. The Bertz CT molecular complexity index is 827. The van der Waals surface area contributed by atoms with Gasteiger partial charge in [0.2, 0.25) is 0 Å². The van der Waals surface area contributed by atoms with Crippen LogP contribution in [0.15, 0.2) is 42.5 Å². The molecule has 0 bridgehead atoms. The first kappa shape index (κ1) is 12.7. The number of nitrogens with zero attached hydrogens (tertiary/aromatic N) is 3. The fourth-order valence-corrected chi connectivity index (χ4v) is 2.52. The molecule has 0 aliphatic heterocycles. The summed E-state index contributed by atoms with van der Waals surface area (Å²) in [6, 6.07) is 15.5. The summed E-state index contributed by atoms with van der Waals surface area (Å²) in [5, 5.41) is 9.67. The molecule has 0 saturated heterocycles. The van der Waals surface area contributed by atoms with Gasteiger partial charge in [-0.25, -0.2) is 4.98 Å². The summed E-state index contributed by atoms with van der Waals surface area (Å²) in [7, 11) is 1.99. The van der Waals surface area contributed by atoms with Crippen LogP contribution in [0, 0.1) is 11.3 Å². The molecule has 3 rings (SSSR count). The first-order valence-electron chi connectivity index (χ1n) is 6.27. The molecule has 3 aromatic rings. The number of rotatable bonds is 2. The molecule has 1 heterocycles. The largest absolute Gasteiger partial charge is 0.331 e. The maximum Gasteiger partial charge on any atom is 0.114 e. The molecule has 2 aromatic carbocycles. The SMILES string of the molecule is Cn1c(Cc2cccc(Cl)c2)nc2cc(C#N)ccc21. The molecule has 20 heavy (non-hydrogen) atoms. The highest BCUT2D eigenvalue weighted by molar-refractivity contribution is 6.30. The van der Waals surface area contributed by atoms with Crippen LogP contribution < -0.4 is 0 Å². The highest BCUT2D eigenvalue weighted by atomic mass is 35.5. The van der Waals surface area contributed by atoms with Crippen LogP contribution >= 0.6 is 11.6 Å². The molecule has 0 saturated carbocycles. The van der Waals surface area contributed by atoms with Gasteiger partial charge in [-0.15, -0.1) is 0 Å². The van der Waals surface area contributed by atoms with Gasteiger partial charge in [0, 0.05) is 18.5 Å². The second-order valence-electron chi connectivity index (χ2n) is 4.71. The fourth-order valence-electron chi connectivity index (χ4n) is 2.31. The number of halogens is 1. The molecular formula is C16H12ClN3. The van der Waals surface area contributed by atoms with Gasteiger partial charge in [-0.05, 0) is 35.9 Å². The van der Waals surface area contributed by atoms with Crippen molar-refractivity contribution in [3.05, 3.63) is 64.4 Å². The van der Waals surface area contributed by atoms with Crippen LogP contribution in [0.25, 0.3) is 11.0 Å². The molecule has 0 fully saturated rings. The van der Waals surface area contributed by atoms with E-state index in [1.807, 2.05) is 49.5 Å². The summed E-state index contributed by atoms with van der Waals surface area (Å²) >= 11 is 6.01. The van der Waals surface area contributed by atoms with Crippen molar-refractivity contribution in [1.82, 2.24) is 9.55 Å². The third-order valence-corrected chi connectivity index (χ3v) is 3.59. The lowest BCUT2D eigenvalue weighted by Gasteiger charge is -2.03. The quantitative estimate of drug-likeness (QED) is 0.719.